The number of nitrogens with one attached hydrogen (secondary N) is 1. The molecule has 0 spiro atoms. The summed E-state index contributed by atoms with van der Waals surface area (Å²) in [6.07, 6.45) is 3.64. The number of piperazine rings is 1. The summed E-state index contributed by atoms with van der Waals surface area (Å²) in [6, 6.07) is 7.85. The molecule has 4 aromatic rings. The van der Waals surface area contributed by atoms with Gasteiger partial charge < -0.3 is 20.2 Å². The molecule has 5 heterocycles. The van der Waals surface area contributed by atoms with Gasteiger partial charge >= 0.3 is 0 Å². The molecule has 0 aliphatic carbocycles. The minimum atomic E-state index is -0.128. The van der Waals surface area contributed by atoms with E-state index in [2.05, 4.69) is 43.2 Å². The van der Waals surface area contributed by atoms with Crippen molar-refractivity contribution in [3.05, 3.63) is 53.1 Å². The predicted octanol–water partition coefficient (Wildman–Crippen LogP) is 3.14. The van der Waals surface area contributed by atoms with E-state index in [0.717, 1.165) is 54.0 Å². The summed E-state index contributed by atoms with van der Waals surface area (Å²) in [5.74, 6) is 1.15. The van der Waals surface area contributed by atoms with Gasteiger partial charge in [0.2, 0.25) is 5.95 Å². The van der Waals surface area contributed by atoms with Crippen molar-refractivity contribution in [1.29, 1.82) is 0 Å². The predicted molar refractivity (Wildman–Crippen MR) is 124 cm³/mol. The SMILES string of the molecule is CN1CCN(c2ccc(Nc3ncc4cc(CO)nc(-c5ccsc5)c4n3)nc2)CC1. The summed E-state index contributed by atoms with van der Waals surface area (Å²) in [6.45, 7) is 4.00. The summed E-state index contributed by atoms with van der Waals surface area (Å²) in [5.41, 5.74) is 4.18. The lowest BCUT2D eigenvalue weighted by Crippen LogP contribution is -2.44. The van der Waals surface area contributed by atoms with E-state index in [1.165, 1.54) is 0 Å². The molecule has 0 radical (unpaired) electrons. The third-order valence-electron chi connectivity index (χ3n) is 5.43. The van der Waals surface area contributed by atoms with Gasteiger partial charge in [-0.3, -0.25) is 0 Å². The van der Waals surface area contributed by atoms with Gasteiger partial charge in [0, 0.05) is 48.7 Å². The Hall–Kier alpha value is -3.14. The highest BCUT2D eigenvalue weighted by molar-refractivity contribution is 7.08. The lowest BCUT2D eigenvalue weighted by molar-refractivity contribution is 0.277. The molecule has 1 fully saturated rings. The lowest BCUT2D eigenvalue weighted by Gasteiger charge is -2.33. The molecule has 9 heteroatoms. The van der Waals surface area contributed by atoms with Crippen molar-refractivity contribution in [2.24, 2.45) is 0 Å². The largest absolute Gasteiger partial charge is 0.390 e. The molecule has 0 amide bonds. The number of thiophene rings is 1. The molecule has 5 rings (SSSR count). The van der Waals surface area contributed by atoms with Crippen LogP contribution in [0.5, 0.6) is 0 Å². The minimum absolute atomic E-state index is 0.128. The van der Waals surface area contributed by atoms with Crippen molar-refractivity contribution in [2.45, 2.75) is 6.61 Å². The number of aliphatic hydroxyl groups is 1. The van der Waals surface area contributed by atoms with Crippen LogP contribution < -0.4 is 10.2 Å². The van der Waals surface area contributed by atoms with Crippen LogP contribution in [0.2, 0.25) is 0 Å². The molecule has 0 unspecified atom stereocenters. The molecule has 31 heavy (non-hydrogen) atoms. The fourth-order valence-electron chi connectivity index (χ4n) is 3.66. The normalized spacial score (nSPS) is 14.8. The van der Waals surface area contributed by atoms with Crippen LogP contribution in [0, 0.1) is 0 Å². The second-order valence-electron chi connectivity index (χ2n) is 7.58. The first-order valence-corrected chi connectivity index (χ1v) is 11.1. The van der Waals surface area contributed by atoms with E-state index in [0.29, 0.717) is 17.5 Å². The van der Waals surface area contributed by atoms with E-state index in [4.69, 9.17) is 4.98 Å². The van der Waals surface area contributed by atoms with Crippen LogP contribution in [0.15, 0.2) is 47.4 Å². The number of likely N-dealkylation sites (N-methyl/N-ethyl adjacent to an activating group) is 1. The number of hydrogen-bond donors (Lipinski definition) is 2. The quantitative estimate of drug-likeness (QED) is 0.496. The summed E-state index contributed by atoms with van der Waals surface area (Å²) >= 11 is 1.60. The number of aliphatic hydroxyl groups excluding tert-OH is 1. The molecule has 1 aliphatic heterocycles. The highest BCUT2D eigenvalue weighted by atomic mass is 32.1. The smallest absolute Gasteiger partial charge is 0.228 e. The molecule has 1 aliphatic rings. The topological polar surface area (TPSA) is 90.3 Å². The first-order chi connectivity index (χ1) is 15.2. The van der Waals surface area contributed by atoms with Crippen molar-refractivity contribution in [2.75, 3.05) is 43.4 Å². The zero-order chi connectivity index (χ0) is 21.2. The molecule has 1 saturated heterocycles. The average molecular weight is 434 g/mol. The Kier molecular flexibility index (Phi) is 5.46. The van der Waals surface area contributed by atoms with Crippen LogP contribution in [0.3, 0.4) is 0 Å². The number of pyridine rings is 2. The van der Waals surface area contributed by atoms with Crippen LogP contribution in [0.1, 0.15) is 5.69 Å². The van der Waals surface area contributed by atoms with Crippen molar-refractivity contribution in [1.82, 2.24) is 24.8 Å². The summed E-state index contributed by atoms with van der Waals surface area (Å²) in [7, 11) is 2.15. The number of fused-ring (bicyclic) bond motifs is 1. The van der Waals surface area contributed by atoms with Crippen LogP contribution in [-0.4, -0.2) is 63.2 Å². The van der Waals surface area contributed by atoms with Gasteiger partial charge in [-0.2, -0.15) is 11.3 Å². The maximum atomic E-state index is 9.57. The summed E-state index contributed by atoms with van der Waals surface area (Å²) < 4.78 is 0. The number of aromatic nitrogens is 4. The zero-order valence-electron chi connectivity index (χ0n) is 17.2. The van der Waals surface area contributed by atoms with Gasteiger partial charge in [0.15, 0.2) is 0 Å². The average Bonchev–Trinajstić information content (AvgIpc) is 3.34. The molecule has 0 saturated carbocycles. The Morgan fingerprint density at radius 1 is 1.06 bits per heavy atom. The van der Waals surface area contributed by atoms with E-state index in [1.54, 1.807) is 17.5 Å². The van der Waals surface area contributed by atoms with E-state index in [-0.39, 0.29) is 6.61 Å². The van der Waals surface area contributed by atoms with Crippen molar-refractivity contribution < 1.29 is 5.11 Å². The first kappa shape index (κ1) is 19.8. The van der Waals surface area contributed by atoms with Gasteiger partial charge in [-0.05, 0) is 36.7 Å². The van der Waals surface area contributed by atoms with E-state index >= 15 is 0 Å². The fraction of sp³-hybridized carbons (Fsp3) is 0.273. The van der Waals surface area contributed by atoms with E-state index < -0.39 is 0 Å². The van der Waals surface area contributed by atoms with E-state index in [9.17, 15) is 5.11 Å². The zero-order valence-corrected chi connectivity index (χ0v) is 18.0. The Morgan fingerprint density at radius 2 is 1.94 bits per heavy atom. The third-order valence-corrected chi connectivity index (χ3v) is 6.11. The van der Waals surface area contributed by atoms with Crippen LogP contribution in [0.25, 0.3) is 22.2 Å². The van der Waals surface area contributed by atoms with E-state index in [1.807, 2.05) is 35.2 Å². The second-order valence-corrected chi connectivity index (χ2v) is 8.36. The Balaban J connectivity index is 1.41. The Labute approximate surface area is 184 Å². The van der Waals surface area contributed by atoms with Crippen LogP contribution in [-0.2, 0) is 6.61 Å². The minimum Gasteiger partial charge on any atom is -0.390 e. The lowest BCUT2D eigenvalue weighted by atomic mass is 10.1. The third kappa shape index (κ3) is 4.20. The molecule has 0 aromatic carbocycles. The van der Waals surface area contributed by atoms with Crippen molar-refractivity contribution >= 4 is 39.7 Å². The molecular formula is C22H23N7OS. The number of anilines is 3. The van der Waals surface area contributed by atoms with Crippen molar-refractivity contribution in [3.63, 3.8) is 0 Å². The number of nitrogens with zero attached hydrogens (tertiary/aromatic N) is 6. The molecule has 0 atom stereocenters. The molecule has 0 bridgehead atoms. The monoisotopic (exact) mass is 433 g/mol. The number of rotatable bonds is 5. The standard InChI is InChI=1S/C22H23N7OS/c1-28-5-7-29(8-6-28)18-2-3-19(23-12-18)26-22-24-11-16-10-17(13-30)25-20(21(16)27-22)15-4-9-31-14-15/h2-4,9-12,14,30H,5-8,13H2,1H3,(H,23,24,26,27). The molecule has 2 N–H and O–H groups in total. The highest BCUT2D eigenvalue weighted by Gasteiger charge is 2.15. The molecule has 8 nitrogen and oxygen atoms in total. The Morgan fingerprint density at radius 3 is 2.65 bits per heavy atom. The number of hydrogen-bond acceptors (Lipinski definition) is 9. The van der Waals surface area contributed by atoms with Crippen molar-refractivity contribution in [3.8, 4) is 11.3 Å². The van der Waals surface area contributed by atoms with Crippen LogP contribution >= 0.6 is 11.3 Å². The van der Waals surface area contributed by atoms with Gasteiger partial charge in [-0.25, -0.2) is 19.9 Å². The first-order valence-electron chi connectivity index (χ1n) is 10.2. The molecule has 4 aromatic heterocycles. The van der Waals surface area contributed by atoms with Gasteiger partial charge in [0.1, 0.15) is 11.3 Å². The second kappa shape index (κ2) is 8.54. The maximum Gasteiger partial charge on any atom is 0.228 e. The Bertz CT molecular complexity index is 1170. The van der Waals surface area contributed by atoms with Gasteiger partial charge in [-0.1, -0.05) is 0 Å². The van der Waals surface area contributed by atoms with Gasteiger partial charge in [0.25, 0.3) is 0 Å². The maximum absolute atomic E-state index is 9.57. The summed E-state index contributed by atoms with van der Waals surface area (Å²) in [4.78, 5) is 23.0. The van der Waals surface area contributed by atoms with Gasteiger partial charge in [0.05, 0.1) is 29.9 Å². The molecular weight excluding hydrogens is 410 g/mol. The fourth-order valence-corrected chi connectivity index (χ4v) is 4.30. The van der Waals surface area contributed by atoms with Gasteiger partial charge in [-0.15, -0.1) is 0 Å². The molecule has 158 valence electrons. The summed E-state index contributed by atoms with van der Waals surface area (Å²) in [5, 5.41) is 17.6. The highest BCUT2D eigenvalue weighted by Crippen LogP contribution is 2.29. The van der Waals surface area contributed by atoms with Crippen LogP contribution in [0.4, 0.5) is 17.5 Å².